The SMILES string of the molecule is CO[NH2+]c1c(C(N)=O)n[nH]c1C(F)(F)F. The van der Waals surface area contributed by atoms with Crippen LogP contribution in [0.5, 0.6) is 0 Å². The van der Waals surface area contributed by atoms with Crippen LogP contribution in [0.25, 0.3) is 0 Å². The van der Waals surface area contributed by atoms with E-state index >= 15 is 0 Å². The van der Waals surface area contributed by atoms with Crippen LogP contribution in [0.3, 0.4) is 0 Å². The largest absolute Gasteiger partial charge is 0.438 e. The molecule has 1 heterocycles. The number of primary amides is 1. The third-order valence-electron chi connectivity index (χ3n) is 1.56. The van der Waals surface area contributed by atoms with E-state index in [9.17, 15) is 18.0 Å². The molecule has 0 bridgehead atoms. The molecule has 1 aromatic heterocycles. The molecule has 0 atom stereocenters. The molecule has 84 valence electrons. The summed E-state index contributed by atoms with van der Waals surface area (Å²) in [5.74, 6) is -1.06. The number of carbonyl (C=O) groups is 1. The predicted octanol–water partition coefficient (Wildman–Crippen LogP) is -0.716. The third kappa shape index (κ3) is 2.25. The fourth-order valence-corrected chi connectivity index (χ4v) is 0.987. The number of nitrogens with zero attached hydrogens (tertiary/aromatic N) is 1. The van der Waals surface area contributed by atoms with Crippen molar-refractivity contribution in [3.8, 4) is 0 Å². The molecule has 1 amide bonds. The number of nitrogens with one attached hydrogen (secondary N) is 1. The van der Waals surface area contributed by atoms with Gasteiger partial charge in [-0.05, 0) is 0 Å². The average molecular weight is 225 g/mol. The summed E-state index contributed by atoms with van der Waals surface area (Å²) in [6, 6.07) is 0. The van der Waals surface area contributed by atoms with E-state index < -0.39 is 29.2 Å². The Kier molecular flexibility index (Phi) is 2.95. The maximum atomic E-state index is 12.3. The van der Waals surface area contributed by atoms with Crippen LogP contribution in [0.2, 0.25) is 0 Å². The van der Waals surface area contributed by atoms with Gasteiger partial charge in [-0.3, -0.25) is 9.89 Å². The summed E-state index contributed by atoms with van der Waals surface area (Å²) in [5.41, 5.74) is 3.41. The van der Waals surface area contributed by atoms with E-state index in [4.69, 9.17) is 5.73 Å². The number of H-pyrrole nitrogens is 1. The lowest BCUT2D eigenvalue weighted by Crippen LogP contribution is -2.77. The number of rotatable bonds is 3. The highest BCUT2D eigenvalue weighted by atomic mass is 19.4. The molecule has 0 aliphatic rings. The Morgan fingerprint density at radius 3 is 2.60 bits per heavy atom. The quantitative estimate of drug-likeness (QED) is 0.592. The third-order valence-corrected chi connectivity index (χ3v) is 1.56. The average Bonchev–Trinajstić information content (AvgIpc) is 2.47. The topological polar surface area (TPSA) is 97.6 Å². The van der Waals surface area contributed by atoms with Gasteiger partial charge in [0.05, 0.1) is 7.11 Å². The Morgan fingerprint density at radius 1 is 1.60 bits per heavy atom. The van der Waals surface area contributed by atoms with Gasteiger partial charge in [-0.1, -0.05) is 0 Å². The van der Waals surface area contributed by atoms with E-state index in [2.05, 4.69) is 9.94 Å². The van der Waals surface area contributed by atoms with Crippen molar-refractivity contribution in [1.29, 1.82) is 0 Å². The van der Waals surface area contributed by atoms with E-state index in [-0.39, 0.29) is 0 Å². The summed E-state index contributed by atoms with van der Waals surface area (Å²) in [6.45, 7) is 0. The molecule has 0 fully saturated rings. The maximum absolute atomic E-state index is 12.3. The molecule has 1 aromatic rings. The Hall–Kier alpha value is -1.61. The molecule has 0 saturated carbocycles. The Balaban J connectivity index is 3.24. The molecular formula is C6H8F3N4O2+. The smallest absolute Gasteiger partial charge is 0.364 e. The van der Waals surface area contributed by atoms with Crippen molar-refractivity contribution >= 4 is 11.6 Å². The van der Waals surface area contributed by atoms with Gasteiger partial charge in [-0.15, -0.1) is 0 Å². The highest BCUT2D eigenvalue weighted by molar-refractivity contribution is 5.95. The second kappa shape index (κ2) is 3.87. The van der Waals surface area contributed by atoms with Crippen LogP contribution < -0.4 is 11.2 Å². The molecule has 0 radical (unpaired) electrons. The van der Waals surface area contributed by atoms with Crippen molar-refractivity contribution in [1.82, 2.24) is 10.2 Å². The predicted molar refractivity (Wildman–Crippen MR) is 40.7 cm³/mol. The lowest BCUT2D eigenvalue weighted by Gasteiger charge is -2.03. The molecule has 15 heavy (non-hydrogen) atoms. The van der Waals surface area contributed by atoms with Crippen molar-refractivity contribution in [2.45, 2.75) is 6.18 Å². The van der Waals surface area contributed by atoms with Gasteiger partial charge in [0.15, 0.2) is 0 Å². The summed E-state index contributed by atoms with van der Waals surface area (Å²) in [6.07, 6.45) is -4.65. The molecular weight excluding hydrogens is 217 g/mol. The first-order valence-electron chi connectivity index (χ1n) is 3.69. The van der Waals surface area contributed by atoms with Gasteiger partial charge in [-0.2, -0.15) is 23.8 Å². The normalized spacial score (nSPS) is 11.7. The highest BCUT2D eigenvalue weighted by Crippen LogP contribution is 2.32. The molecule has 5 N–H and O–H groups in total. The number of halogens is 3. The van der Waals surface area contributed by atoms with Crippen LogP contribution >= 0.6 is 0 Å². The lowest BCUT2D eigenvalue weighted by atomic mass is 10.3. The highest BCUT2D eigenvalue weighted by Gasteiger charge is 2.41. The van der Waals surface area contributed by atoms with Crippen LogP contribution in [-0.2, 0) is 11.0 Å². The Labute approximate surface area is 81.5 Å². The zero-order valence-electron chi connectivity index (χ0n) is 7.55. The van der Waals surface area contributed by atoms with Crippen molar-refractivity contribution in [3.05, 3.63) is 11.4 Å². The molecule has 0 saturated heterocycles. The second-order valence-electron chi connectivity index (χ2n) is 2.58. The number of aromatic amines is 1. The van der Waals surface area contributed by atoms with Crippen molar-refractivity contribution in [2.75, 3.05) is 7.11 Å². The number of hydrogen-bond donors (Lipinski definition) is 3. The molecule has 0 aromatic carbocycles. The minimum Gasteiger partial charge on any atom is -0.364 e. The first kappa shape index (κ1) is 11.5. The van der Waals surface area contributed by atoms with Crippen LogP contribution in [0.1, 0.15) is 16.2 Å². The van der Waals surface area contributed by atoms with Crippen molar-refractivity contribution in [2.24, 2.45) is 5.73 Å². The zero-order chi connectivity index (χ0) is 11.6. The number of nitrogens with two attached hydrogens (primary N) is 2. The van der Waals surface area contributed by atoms with Gasteiger partial charge in [0.2, 0.25) is 17.1 Å². The van der Waals surface area contributed by atoms with Crippen LogP contribution in [0.15, 0.2) is 0 Å². The fraction of sp³-hybridized carbons (Fsp3) is 0.333. The summed E-state index contributed by atoms with van der Waals surface area (Å²) < 4.78 is 37.0. The fourth-order valence-electron chi connectivity index (χ4n) is 0.987. The molecule has 0 aliphatic heterocycles. The standard InChI is InChI=1S/C6H7F3N4O2/c1-15-13-2-3(5(10)14)11-12-4(2)6(7,8)9/h13H,1H3,(H2,10,14)(H,11,12)/p+1. The van der Waals surface area contributed by atoms with E-state index in [0.29, 0.717) is 0 Å². The molecule has 0 unspecified atom stereocenters. The summed E-state index contributed by atoms with van der Waals surface area (Å²) in [4.78, 5) is 15.2. The van der Waals surface area contributed by atoms with Gasteiger partial charge in [0, 0.05) is 0 Å². The maximum Gasteiger partial charge on any atom is 0.438 e. The summed E-state index contributed by atoms with van der Waals surface area (Å²) >= 11 is 0. The van der Waals surface area contributed by atoms with Gasteiger partial charge < -0.3 is 5.73 Å². The number of quaternary nitrogens is 1. The minimum absolute atomic E-state index is 0.502. The molecule has 6 nitrogen and oxygen atoms in total. The number of hydrogen-bond acceptors (Lipinski definition) is 3. The van der Waals surface area contributed by atoms with E-state index in [1.54, 1.807) is 5.10 Å². The summed E-state index contributed by atoms with van der Waals surface area (Å²) in [5, 5.41) is 4.86. The van der Waals surface area contributed by atoms with Crippen LogP contribution in [-0.4, -0.2) is 23.2 Å². The molecule has 0 spiro atoms. The minimum atomic E-state index is -4.65. The van der Waals surface area contributed by atoms with Crippen LogP contribution in [0.4, 0.5) is 18.9 Å². The van der Waals surface area contributed by atoms with Gasteiger partial charge in [0.25, 0.3) is 5.91 Å². The lowest BCUT2D eigenvalue weighted by molar-refractivity contribution is -0.830. The van der Waals surface area contributed by atoms with Crippen molar-refractivity contribution < 1.29 is 28.3 Å². The van der Waals surface area contributed by atoms with Crippen molar-refractivity contribution in [3.63, 3.8) is 0 Å². The first-order valence-corrected chi connectivity index (χ1v) is 3.69. The number of amides is 1. The Bertz CT molecular complexity index is 373. The van der Waals surface area contributed by atoms with E-state index in [0.717, 1.165) is 12.6 Å². The monoisotopic (exact) mass is 225 g/mol. The van der Waals surface area contributed by atoms with E-state index in [1.165, 1.54) is 0 Å². The van der Waals surface area contributed by atoms with E-state index in [1.807, 2.05) is 0 Å². The van der Waals surface area contributed by atoms with Crippen LogP contribution in [0, 0.1) is 0 Å². The first-order chi connectivity index (χ1) is 6.88. The summed E-state index contributed by atoms with van der Waals surface area (Å²) in [7, 11) is 1.15. The Morgan fingerprint density at radius 2 is 2.20 bits per heavy atom. The zero-order valence-corrected chi connectivity index (χ0v) is 7.55. The van der Waals surface area contributed by atoms with Gasteiger partial charge in [0.1, 0.15) is 0 Å². The molecule has 9 heteroatoms. The number of carbonyl (C=O) groups excluding carboxylic acids is 1. The second-order valence-corrected chi connectivity index (χ2v) is 2.58. The molecule has 0 aliphatic carbocycles. The van der Waals surface area contributed by atoms with Gasteiger partial charge in [-0.25, -0.2) is 4.84 Å². The number of aromatic nitrogens is 2. The van der Waals surface area contributed by atoms with Gasteiger partial charge >= 0.3 is 6.18 Å². The molecule has 1 rings (SSSR count). The number of alkyl halides is 3.